The molecule has 1 aliphatic rings. The second-order valence-corrected chi connectivity index (χ2v) is 3.70. The Kier molecular flexibility index (Phi) is 1.91. The van der Waals surface area contributed by atoms with E-state index in [9.17, 15) is 0 Å². The lowest BCUT2D eigenvalue weighted by Crippen LogP contribution is -2.05. The molecule has 3 rings (SSSR count). The standard InChI is InChI=1S/C11H11N3O/c1-2-9(1)13-11-12-5-3-10(14-11)8-4-6-15-7-8/h3-7,9H,1-2H2,(H,12,13,14). The summed E-state index contributed by atoms with van der Waals surface area (Å²) in [5, 5.41) is 3.27. The van der Waals surface area contributed by atoms with Crippen LogP contribution in [0.2, 0.25) is 0 Å². The van der Waals surface area contributed by atoms with Crippen molar-refractivity contribution in [2.45, 2.75) is 18.9 Å². The molecular formula is C11H11N3O. The molecule has 4 heteroatoms. The van der Waals surface area contributed by atoms with Crippen LogP contribution in [0, 0.1) is 0 Å². The van der Waals surface area contributed by atoms with Gasteiger partial charge in [-0.1, -0.05) is 0 Å². The summed E-state index contributed by atoms with van der Waals surface area (Å²) in [6.45, 7) is 0. The molecule has 0 spiro atoms. The first-order valence-corrected chi connectivity index (χ1v) is 5.04. The fraction of sp³-hybridized carbons (Fsp3) is 0.273. The maximum absolute atomic E-state index is 5.02. The summed E-state index contributed by atoms with van der Waals surface area (Å²) in [6, 6.07) is 4.34. The predicted octanol–water partition coefficient (Wildman–Crippen LogP) is 2.31. The van der Waals surface area contributed by atoms with Crippen molar-refractivity contribution in [1.82, 2.24) is 9.97 Å². The van der Waals surface area contributed by atoms with E-state index in [4.69, 9.17) is 4.42 Å². The first kappa shape index (κ1) is 8.47. The molecule has 0 aromatic carbocycles. The molecule has 76 valence electrons. The molecule has 2 heterocycles. The Labute approximate surface area is 87.4 Å². The van der Waals surface area contributed by atoms with E-state index in [0.717, 1.165) is 11.3 Å². The molecule has 4 nitrogen and oxygen atoms in total. The molecule has 1 aliphatic carbocycles. The molecule has 15 heavy (non-hydrogen) atoms. The van der Waals surface area contributed by atoms with Gasteiger partial charge in [0.2, 0.25) is 5.95 Å². The molecule has 2 aromatic rings. The minimum absolute atomic E-state index is 0.574. The fourth-order valence-corrected chi connectivity index (χ4v) is 1.41. The smallest absolute Gasteiger partial charge is 0.223 e. The van der Waals surface area contributed by atoms with E-state index in [1.165, 1.54) is 12.8 Å². The molecule has 1 saturated carbocycles. The van der Waals surface area contributed by atoms with E-state index >= 15 is 0 Å². The molecule has 2 aromatic heterocycles. The number of hydrogen-bond acceptors (Lipinski definition) is 4. The zero-order valence-corrected chi connectivity index (χ0v) is 8.18. The van der Waals surface area contributed by atoms with Gasteiger partial charge in [-0.05, 0) is 25.0 Å². The Balaban J connectivity index is 1.88. The Hall–Kier alpha value is -1.84. The third-order valence-corrected chi connectivity index (χ3v) is 2.38. The SMILES string of the molecule is c1cc(-c2ccoc2)nc(NC2CC2)n1. The highest BCUT2D eigenvalue weighted by molar-refractivity contribution is 5.58. The highest BCUT2D eigenvalue weighted by atomic mass is 16.3. The van der Waals surface area contributed by atoms with Crippen molar-refractivity contribution in [2.75, 3.05) is 5.32 Å². The Bertz CT molecular complexity index is 449. The molecule has 0 unspecified atom stereocenters. The van der Waals surface area contributed by atoms with Crippen molar-refractivity contribution in [3.05, 3.63) is 30.9 Å². The lowest BCUT2D eigenvalue weighted by Gasteiger charge is -2.03. The average Bonchev–Trinajstić information content (AvgIpc) is 2.91. The number of rotatable bonds is 3. The van der Waals surface area contributed by atoms with E-state index in [-0.39, 0.29) is 0 Å². The summed E-state index contributed by atoms with van der Waals surface area (Å²) in [5.74, 6) is 0.705. The van der Waals surface area contributed by atoms with Gasteiger partial charge in [-0.2, -0.15) is 0 Å². The maximum atomic E-state index is 5.02. The largest absolute Gasteiger partial charge is 0.472 e. The first-order valence-electron chi connectivity index (χ1n) is 5.04. The summed E-state index contributed by atoms with van der Waals surface area (Å²) in [4.78, 5) is 8.59. The topological polar surface area (TPSA) is 51.0 Å². The van der Waals surface area contributed by atoms with Gasteiger partial charge in [-0.3, -0.25) is 0 Å². The highest BCUT2D eigenvalue weighted by Crippen LogP contribution is 2.24. The molecule has 0 bridgehead atoms. The van der Waals surface area contributed by atoms with Crippen LogP contribution in [-0.4, -0.2) is 16.0 Å². The molecule has 0 aliphatic heterocycles. The normalized spacial score (nSPS) is 15.2. The van der Waals surface area contributed by atoms with Crippen molar-refractivity contribution in [2.24, 2.45) is 0 Å². The predicted molar refractivity (Wildman–Crippen MR) is 56.4 cm³/mol. The molecule has 1 fully saturated rings. The van der Waals surface area contributed by atoms with Crippen LogP contribution in [0.25, 0.3) is 11.3 Å². The summed E-state index contributed by atoms with van der Waals surface area (Å²) in [6.07, 6.45) is 7.54. The number of nitrogens with zero attached hydrogens (tertiary/aromatic N) is 2. The van der Waals surface area contributed by atoms with Crippen LogP contribution in [-0.2, 0) is 0 Å². The van der Waals surface area contributed by atoms with E-state index < -0.39 is 0 Å². The maximum Gasteiger partial charge on any atom is 0.223 e. The van der Waals surface area contributed by atoms with Crippen LogP contribution in [0.5, 0.6) is 0 Å². The van der Waals surface area contributed by atoms with E-state index in [2.05, 4.69) is 15.3 Å². The quantitative estimate of drug-likeness (QED) is 0.827. The van der Waals surface area contributed by atoms with Crippen molar-refractivity contribution in [3.8, 4) is 11.3 Å². The summed E-state index contributed by atoms with van der Waals surface area (Å²) in [7, 11) is 0. The van der Waals surface area contributed by atoms with E-state index in [1.54, 1.807) is 18.7 Å². The number of hydrogen-bond donors (Lipinski definition) is 1. The molecular weight excluding hydrogens is 190 g/mol. The minimum atomic E-state index is 0.574. The summed E-state index contributed by atoms with van der Waals surface area (Å²) < 4.78 is 5.02. The van der Waals surface area contributed by atoms with Crippen LogP contribution in [0.15, 0.2) is 35.3 Å². The van der Waals surface area contributed by atoms with Crippen molar-refractivity contribution >= 4 is 5.95 Å². The van der Waals surface area contributed by atoms with Crippen molar-refractivity contribution in [3.63, 3.8) is 0 Å². The zero-order chi connectivity index (χ0) is 10.1. The number of nitrogens with one attached hydrogen (secondary N) is 1. The van der Waals surface area contributed by atoms with E-state index in [0.29, 0.717) is 12.0 Å². The fourth-order valence-electron chi connectivity index (χ4n) is 1.41. The number of furan rings is 1. The average molecular weight is 201 g/mol. The number of anilines is 1. The lowest BCUT2D eigenvalue weighted by atomic mass is 10.2. The molecule has 1 N–H and O–H groups in total. The van der Waals surface area contributed by atoms with Gasteiger partial charge in [-0.25, -0.2) is 9.97 Å². The van der Waals surface area contributed by atoms with Crippen LogP contribution in [0.1, 0.15) is 12.8 Å². The van der Waals surface area contributed by atoms with Gasteiger partial charge < -0.3 is 9.73 Å². The van der Waals surface area contributed by atoms with Crippen LogP contribution in [0.3, 0.4) is 0 Å². The number of aromatic nitrogens is 2. The van der Waals surface area contributed by atoms with Crippen LogP contribution >= 0.6 is 0 Å². The third-order valence-electron chi connectivity index (χ3n) is 2.38. The first-order chi connectivity index (χ1) is 7.42. The summed E-state index contributed by atoms with van der Waals surface area (Å²) >= 11 is 0. The minimum Gasteiger partial charge on any atom is -0.472 e. The Morgan fingerprint density at radius 3 is 3.00 bits per heavy atom. The van der Waals surface area contributed by atoms with Crippen LogP contribution < -0.4 is 5.32 Å². The van der Waals surface area contributed by atoms with Gasteiger partial charge in [0, 0.05) is 17.8 Å². The van der Waals surface area contributed by atoms with E-state index in [1.807, 2.05) is 12.1 Å². The third kappa shape index (κ3) is 1.83. The van der Waals surface area contributed by atoms with Gasteiger partial charge in [0.25, 0.3) is 0 Å². The lowest BCUT2D eigenvalue weighted by molar-refractivity contribution is 0.568. The van der Waals surface area contributed by atoms with Crippen LogP contribution in [0.4, 0.5) is 5.95 Å². The van der Waals surface area contributed by atoms with Gasteiger partial charge in [0.1, 0.15) is 0 Å². The highest BCUT2D eigenvalue weighted by Gasteiger charge is 2.21. The molecule has 0 amide bonds. The monoisotopic (exact) mass is 201 g/mol. The van der Waals surface area contributed by atoms with Gasteiger partial charge >= 0.3 is 0 Å². The van der Waals surface area contributed by atoms with Gasteiger partial charge in [0.15, 0.2) is 0 Å². The molecule has 0 saturated heterocycles. The zero-order valence-electron chi connectivity index (χ0n) is 8.18. The molecule has 0 radical (unpaired) electrons. The summed E-state index contributed by atoms with van der Waals surface area (Å²) in [5.41, 5.74) is 1.87. The Morgan fingerprint density at radius 1 is 1.33 bits per heavy atom. The van der Waals surface area contributed by atoms with Gasteiger partial charge in [-0.15, -0.1) is 0 Å². The van der Waals surface area contributed by atoms with Crippen molar-refractivity contribution in [1.29, 1.82) is 0 Å². The Morgan fingerprint density at radius 2 is 2.27 bits per heavy atom. The van der Waals surface area contributed by atoms with Crippen molar-refractivity contribution < 1.29 is 4.42 Å². The second-order valence-electron chi connectivity index (χ2n) is 3.70. The second kappa shape index (κ2) is 3.38. The van der Waals surface area contributed by atoms with Gasteiger partial charge in [0.05, 0.1) is 18.2 Å². The molecule has 0 atom stereocenters.